The number of carboxylic acid groups (broad SMARTS) is 1. The first kappa shape index (κ1) is 27.2. The fourth-order valence-corrected chi connectivity index (χ4v) is 2.68. The zero-order valence-electron chi connectivity index (χ0n) is 18.3. The summed E-state index contributed by atoms with van der Waals surface area (Å²) in [5, 5.41) is 25.9. The summed E-state index contributed by atoms with van der Waals surface area (Å²) in [7, 11) is 0. The number of nitrogens with two attached hydrogens (primary N) is 3. The predicted molar refractivity (Wildman–Crippen MR) is 120 cm³/mol. The van der Waals surface area contributed by atoms with E-state index in [2.05, 4.69) is 20.9 Å². The van der Waals surface area contributed by atoms with Crippen molar-refractivity contribution in [2.24, 2.45) is 22.2 Å². The number of benzene rings is 1. The highest BCUT2D eigenvalue weighted by molar-refractivity contribution is 5.92. The molecule has 0 aliphatic carbocycles. The number of aliphatic carboxylic acids is 1. The SMILES string of the molecule is CC(N)C(=O)NC(Cc1ccc(O)cc1)C(=O)NCC(=O)NC(CCCN=C(N)N)C(=O)O. The van der Waals surface area contributed by atoms with Crippen LogP contribution in [-0.4, -0.2) is 71.1 Å². The van der Waals surface area contributed by atoms with Gasteiger partial charge in [-0.05, 0) is 37.5 Å². The Morgan fingerprint density at radius 2 is 1.67 bits per heavy atom. The molecule has 0 aromatic heterocycles. The number of aliphatic imine (C=N–C) groups is 1. The maximum absolute atomic E-state index is 12.6. The molecule has 0 fully saturated rings. The maximum Gasteiger partial charge on any atom is 0.326 e. The maximum atomic E-state index is 12.6. The Labute approximate surface area is 190 Å². The Kier molecular flexibility index (Phi) is 11.1. The van der Waals surface area contributed by atoms with Gasteiger partial charge in [0.2, 0.25) is 17.7 Å². The van der Waals surface area contributed by atoms with Crippen LogP contribution in [0.15, 0.2) is 29.3 Å². The first-order valence-electron chi connectivity index (χ1n) is 10.2. The van der Waals surface area contributed by atoms with Gasteiger partial charge in [-0.2, -0.15) is 0 Å². The van der Waals surface area contributed by atoms with E-state index in [1.165, 1.54) is 19.1 Å². The summed E-state index contributed by atoms with van der Waals surface area (Å²) in [6.07, 6.45) is 0.480. The lowest BCUT2D eigenvalue weighted by atomic mass is 10.0. The number of phenolic OH excluding ortho intramolecular Hbond substituents is 1. The molecule has 13 heteroatoms. The molecule has 3 unspecified atom stereocenters. The van der Waals surface area contributed by atoms with E-state index < -0.39 is 48.4 Å². The molecule has 0 spiro atoms. The molecular formula is C20H31N7O6. The van der Waals surface area contributed by atoms with Crippen molar-refractivity contribution < 1.29 is 29.4 Å². The quantitative estimate of drug-likeness (QED) is 0.0872. The molecule has 3 atom stereocenters. The summed E-state index contributed by atoms with van der Waals surface area (Å²) < 4.78 is 0. The Hall–Kier alpha value is -3.87. The molecule has 0 bridgehead atoms. The van der Waals surface area contributed by atoms with Crippen molar-refractivity contribution >= 4 is 29.7 Å². The Morgan fingerprint density at radius 3 is 2.21 bits per heavy atom. The number of nitrogens with one attached hydrogen (secondary N) is 3. The second-order valence-corrected chi connectivity index (χ2v) is 7.35. The molecule has 1 rings (SSSR count). The van der Waals surface area contributed by atoms with Gasteiger partial charge < -0.3 is 43.4 Å². The standard InChI is InChI=1S/C20H31N7O6/c1-11(21)17(30)27-15(9-12-4-6-13(28)7-5-12)18(31)25-10-16(29)26-14(19(32)33)3-2-8-24-20(22)23/h4-7,11,14-15,28H,2-3,8-10,21H2,1H3,(H,25,31)(H,26,29)(H,27,30)(H,32,33)(H4,22,23,24). The summed E-state index contributed by atoms with van der Waals surface area (Å²) in [4.78, 5) is 51.9. The second kappa shape index (κ2) is 13.5. The molecule has 0 aliphatic rings. The average Bonchev–Trinajstić information content (AvgIpc) is 2.74. The van der Waals surface area contributed by atoms with Gasteiger partial charge in [0, 0.05) is 13.0 Å². The van der Waals surface area contributed by atoms with Crippen molar-refractivity contribution in [1.29, 1.82) is 0 Å². The van der Waals surface area contributed by atoms with Crippen LogP contribution in [0.3, 0.4) is 0 Å². The van der Waals surface area contributed by atoms with Crippen LogP contribution in [0.1, 0.15) is 25.3 Å². The van der Waals surface area contributed by atoms with Crippen LogP contribution in [-0.2, 0) is 25.6 Å². The van der Waals surface area contributed by atoms with Gasteiger partial charge >= 0.3 is 5.97 Å². The van der Waals surface area contributed by atoms with Gasteiger partial charge in [-0.25, -0.2) is 4.79 Å². The van der Waals surface area contributed by atoms with E-state index >= 15 is 0 Å². The highest BCUT2D eigenvalue weighted by Gasteiger charge is 2.24. The fourth-order valence-electron chi connectivity index (χ4n) is 2.68. The number of hydrogen-bond acceptors (Lipinski definition) is 7. The number of amides is 3. The van der Waals surface area contributed by atoms with E-state index in [0.717, 1.165) is 0 Å². The smallest absolute Gasteiger partial charge is 0.326 e. The van der Waals surface area contributed by atoms with E-state index in [4.69, 9.17) is 17.2 Å². The van der Waals surface area contributed by atoms with Crippen LogP contribution in [0.5, 0.6) is 5.75 Å². The lowest BCUT2D eigenvalue weighted by Gasteiger charge is -2.20. The summed E-state index contributed by atoms with van der Waals surface area (Å²) in [5.41, 5.74) is 16.6. The molecule has 33 heavy (non-hydrogen) atoms. The third-order valence-corrected chi connectivity index (χ3v) is 4.42. The minimum Gasteiger partial charge on any atom is -0.508 e. The summed E-state index contributed by atoms with van der Waals surface area (Å²) >= 11 is 0. The third kappa shape index (κ3) is 10.8. The molecule has 13 nitrogen and oxygen atoms in total. The largest absolute Gasteiger partial charge is 0.508 e. The summed E-state index contributed by atoms with van der Waals surface area (Å²) in [6, 6.07) is 2.94. The van der Waals surface area contributed by atoms with E-state index in [0.29, 0.717) is 12.0 Å². The van der Waals surface area contributed by atoms with Crippen LogP contribution < -0.4 is 33.2 Å². The molecule has 0 saturated heterocycles. The monoisotopic (exact) mass is 465 g/mol. The number of carbonyl (C=O) groups is 4. The van der Waals surface area contributed by atoms with Crippen molar-refractivity contribution in [2.45, 2.75) is 44.3 Å². The number of rotatable bonds is 13. The van der Waals surface area contributed by atoms with Crippen LogP contribution in [0.2, 0.25) is 0 Å². The molecule has 0 radical (unpaired) electrons. The number of guanidine groups is 1. The van der Waals surface area contributed by atoms with Crippen molar-refractivity contribution in [3.8, 4) is 5.75 Å². The van der Waals surface area contributed by atoms with Crippen molar-refractivity contribution in [3.05, 3.63) is 29.8 Å². The Balaban J connectivity index is 2.69. The molecule has 11 N–H and O–H groups in total. The summed E-state index contributed by atoms with van der Waals surface area (Å²) in [6.45, 7) is 1.16. The van der Waals surface area contributed by atoms with Crippen molar-refractivity contribution in [1.82, 2.24) is 16.0 Å². The van der Waals surface area contributed by atoms with Gasteiger partial charge in [-0.15, -0.1) is 0 Å². The van der Waals surface area contributed by atoms with Crippen LogP contribution >= 0.6 is 0 Å². The van der Waals surface area contributed by atoms with Crippen molar-refractivity contribution in [2.75, 3.05) is 13.1 Å². The predicted octanol–water partition coefficient (Wildman–Crippen LogP) is -2.49. The first-order valence-corrected chi connectivity index (χ1v) is 10.2. The molecule has 1 aromatic rings. The topological polar surface area (TPSA) is 235 Å². The number of phenols is 1. The van der Waals surface area contributed by atoms with Gasteiger partial charge in [0.15, 0.2) is 5.96 Å². The molecule has 1 aromatic carbocycles. The third-order valence-electron chi connectivity index (χ3n) is 4.42. The Bertz CT molecular complexity index is 853. The van der Waals surface area contributed by atoms with Gasteiger partial charge in [-0.3, -0.25) is 19.4 Å². The van der Waals surface area contributed by atoms with Gasteiger partial charge in [0.05, 0.1) is 12.6 Å². The lowest BCUT2D eigenvalue weighted by molar-refractivity contribution is -0.142. The Morgan fingerprint density at radius 1 is 1.03 bits per heavy atom. The molecular weight excluding hydrogens is 434 g/mol. The highest BCUT2D eigenvalue weighted by atomic mass is 16.4. The minimum atomic E-state index is -1.24. The first-order chi connectivity index (χ1) is 15.5. The average molecular weight is 466 g/mol. The molecule has 182 valence electrons. The van der Waals surface area contributed by atoms with E-state index in [9.17, 15) is 29.4 Å². The highest BCUT2D eigenvalue weighted by Crippen LogP contribution is 2.11. The van der Waals surface area contributed by atoms with E-state index in [1.807, 2.05) is 0 Å². The molecule has 0 saturated carbocycles. The zero-order chi connectivity index (χ0) is 25.0. The normalized spacial score (nSPS) is 13.2. The number of aromatic hydroxyl groups is 1. The number of carboxylic acids is 1. The van der Waals surface area contributed by atoms with Crippen LogP contribution in [0, 0.1) is 0 Å². The minimum absolute atomic E-state index is 0.0438. The van der Waals surface area contributed by atoms with Crippen molar-refractivity contribution in [3.63, 3.8) is 0 Å². The number of nitrogens with zero attached hydrogens (tertiary/aromatic N) is 1. The van der Waals surface area contributed by atoms with Crippen LogP contribution in [0.4, 0.5) is 0 Å². The lowest BCUT2D eigenvalue weighted by Crippen LogP contribution is -2.53. The second-order valence-electron chi connectivity index (χ2n) is 7.35. The van der Waals surface area contributed by atoms with Gasteiger partial charge in [-0.1, -0.05) is 12.1 Å². The number of hydrogen-bond donors (Lipinski definition) is 8. The molecule has 3 amide bonds. The fraction of sp³-hybridized carbons (Fsp3) is 0.450. The van der Waals surface area contributed by atoms with Gasteiger partial charge in [0.25, 0.3) is 0 Å². The van der Waals surface area contributed by atoms with Gasteiger partial charge in [0.1, 0.15) is 17.8 Å². The van der Waals surface area contributed by atoms with E-state index in [1.54, 1.807) is 12.1 Å². The number of carbonyl (C=O) groups excluding carboxylic acids is 3. The molecule has 0 heterocycles. The summed E-state index contributed by atoms with van der Waals surface area (Å²) in [5.74, 6) is -3.26. The zero-order valence-corrected chi connectivity index (χ0v) is 18.3. The molecule has 0 aliphatic heterocycles. The van der Waals surface area contributed by atoms with E-state index in [-0.39, 0.29) is 31.1 Å². The van der Waals surface area contributed by atoms with Crippen LogP contribution in [0.25, 0.3) is 0 Å².